The molecule has 33 heavy (non-hydrogen) atoms. The number of H-pyrrole nitrogens is 1. The maximum Gasteiger partial charge on any atom is 0.137 e. The van der Waals surface area contributed by atoms with Crippen LogP contribution in [0, 0.1) is 0 Å². The summed E-state index contributed by atoms with van der Waals surface area (Å²) in [5, 5.41) is 0. The van der Waals surface area contributed by atoms with Crippen LogP contribution in [0.3, 0.4) is 0 Å². The van der Waals surface area contributed by atoms with E-state index >= 15 is 0 Å². The number of benzene rings is 2. The molecular weight excluding hydrogens is 408 g/mol. The van der Waals surface area contributed by atoms with E-state index in [0.29, 0.717) is 6.04 Å². The Morgan fingerprint density at radius 2 is 1.85 bits per heavy atom. The molecule has 3 aliphatic rings. The van der Waals surface area contributed by atoms with Crippen molar-refractivity contribution in [1.82, 2.24) is 19.8 Å². The summed E-state index contributed by atoms with van der Waals surface area (Å²) in [6.07, 6.45) is 9.11. The van der Waals surface area contributed by atoms with Gasteiger partial charge in [-0.2, -0.15) is 0 Å². The second-order valence-corrected chi connectivity index (χ2v) is 9.53. The first-order chi connectivity index (χ1) is 16.3. The van der Waals surface area contributed by atoms with Gasteiger partial charge in [0.05, 0.1) is 6.61 Å². The number of hydrogen-bond donors (Lipinski definition) is 1. The summed E-state index contributed by atoms with van der Waals surface area (Å²) in [6.45, 7) is 6.32. The number of aromatic nitrogens is 2. The summed E-state index contributed by atoms with van der Waals surface area (Å²) in [5.41, 5.74) is 6.54. The molecule has 0 atom stereocenters. The third-order valence-corrected chi connectivity index (χ3v) is 7.44. The Labute approximate surface area is 196 Å². The number of nitrogens with one attached hydrogen (secondary N) is 1. The van der Waals surface area contributed by atoms with Crippen molar-refractivity contribution in [2.45, 2.75) is 38.3 Å². The number of hydrogen-bond acceptors (Lipinski definition) is 4. The number of aromatic amines is 1. The van der Waals surface area contributed by atoms with Gasteiger partial charge in [0, 0.05) is 62.6 Å². The summed E-state index contributed by atoms with van der Waals surface area (Å²) in [6, 6.07) is 18.0. The molecule has 0 bridgehead atoms. The molecule has 2 aromatic carbocycles. The largest absolute Gasteiger partial charge is 0.493 e. The Bertz CT molecular complexity index is 1130. The molecule has 0 saturated carbocycles. The van der Waals surface area contributed by atoms with Gasteiger partial charge in [0.15, 0.2) is 0 Å². The lowest BCUT2D eigenvalue weighted by molar-refractivity contribution is 0.112. The molecule has 0 aliphatic carbocycles. The predicted molar refractivity (Wildman–Crippen MR) is 132 cm³/mol. The summed E-state index contributed by atoms with van der Waals surface area (Å²) in [7, 11) is 0. The molecule has 0 radical (unpaired) electrons. The smallest absolute Gasteiger partial charge is 0.137 e. The van der Waals surface area contributed by atoms with E-state index in [1.807, 2.05) is 6.20 Å². The van der Waals surface area contributed by atoms with Gasteiger partial charge in [-0.1, -0.05) is 36.4 Å². The van der Waals surface area contributed by atoms with Crippen LogP contribution in [0.25, 0.3) is 17.0 Å². The molecular formula is C28H32N4O. The number of fused-ring (bicyclic) bond motifs is 1. The average Bonchev–Trinajstić information content (AvgIpc) is 3.54. The van der Waals surface area contributed by atoms with Crippen molar-refractivity contribution < 1.29 is 4.74 Å². The van der Waals surface area contributed by atoms with Crippen LogP contribution in [0.1, 0.15) is 36.1 Å². The summed E-state index contributed by atoms with van der Waals surface area (Å²) >= 11 is 0. The fraction of sp³-hybridized carbons (Fsp3) is 0.393. The van der Waals surface area contributed by atoms with Gasteiger partial charge < -0.3 is 9.72 Å². The van der Waals surface area contributed by atoms with E-state index in [1.54, 1.807) is 0 Å². The van der Waals surface area contributed by atoms with E-state index in [2.05, 4.69) is 74.4 Å². The molecule has 0 spiro atoms. The second kappa shape index (κ2) is 9.16. The van der Waals surface area contributed by atoms with E-state index < -0.39 is 0 Å². The minimum Gasteiger partial charge on any atom is -0.493 e. The fourth-order valence-corrected chi connectivity index (χ4v) is 5.53. The van der Waals surface area contributed by atoms with Crippen molar-refractivity contribution in [3.63, 3.8) is 0 Å². The van der Waals surface area contributed by atoms with Gasteiger partial charge in [0.1, 0.15) is 11.6 Å². The van der Waals surface area contributed by atoms with Gasteiger partial charge in [-0.15, -0.1) is 0 Å². The minimum absolute atomic E-state index is 0.709. The lowest BCUT2D eigenvalue weighted by Gasteiger charge is -2.39. The Balaban J connectivity index is 1.02. The number of likely N-dealkylation sites (tertiary alicyclic amines) is 1. The first-order valence-electron chi connectivity index (χ1n) is 12.3. The highest BCUT2D eigenvalue weighted by molar-refractivity contribution is 5.66. The van der Waals surface area contributed by atoms with E-state index in [-0.39, 0.29) is 0 Å². The van der Waals surface area contributed by atoms with Crippen LogP contribution in [0.15, 0.2) is 60.8 Å². The van der Waals surface area contributed by atoms with Gasteiger partial charge in [-0.05, 0) is 54.2 Å². The van der Waals surface area contributed by atoms with Crippen molar-refractivity contribution >= 4 is 5.57 Å². The number of ether oxygens (including phenoxy) is 1. The van der Waals surface area contributed by atoms with Crippen LogP contribution >= 0.6 is 0 Å². The highest BCUT2D eigenvalue weighted by atomic mass is 16.5. The lowest BCUT2D eigenvalue weighted by Crippen LogP contribution is -2.46. The molecule has 170 valence electrons. The molecule has 3 aliphatic heterocycles. The maximum absolute atomic E-state index is 5.63. The van der Waals surface area contributed by atoms with Crippen LogP contribution in [0.5, 0.6) is 5.75 Å². The number of imidazole rings is 1. The molecule has 1 saturated heterocycles. The minimum atomic E-state index is 0.709. The van der Waals surface area contributed by atoms with Crippen molar-refractivity contribution in [3.05, 3.63) is 77.6 Å². The molecule has 4 heterocycles. The third kappa shape index (κ3) is 4.48. The van der Waals surface area contributed by atoms with Crippen LogP contribution in [0.2, 0.25) is 0 Å². The first-order valence-corrected chi connectivity index (χ1v) is 12.3. The molecule has 1 aromatic heterocycles. The predicted octanol–water partition coefficient (Wildman–Crippen LogP) is 4.77. The van der Waals surface area contributed by atoms with Gasteiger partial charge >= 0.3 is 0 Å². The average molecular weight is 441 g/mol. The Kier molecular flexibility index (Phi) is 5.75. The summed E-state index contributed by atoms with van der Waals surface area (Å²) in [5.74, 6) is 1.98. The van der Waals surface area contributed by atoms with Crippen LogP contribution < -0.4 is 4.74 Å². The highest BCUT2D eigenvalue weighted by Gasteiger charge is 2.26. The number of rotatable bonds is 5. The maximum atomic E-state index is 5.63. The SMILES string of the molecule is C1=C(c2ccccc2)CCN(C2CCN(Cc3cnc(-c4ccc5c(c4)CCO5)[nH]3)CC2)C1. The zero-order valence-corrected chi connectivity index (χ0v) is 19.2. The molecule has 0 amide bonds. The third-order valence-electron chi connectivity index (χ3n) is 7.44. The van der Waals surface area contributed by atoms with Crippen LogP contribution in [0.4, 0.5) is 0 Å². The van der Waals surface area contributed by atoms with E-state index in [9.17, 15) is 0 Å². The van der Waals surface area contributed by atoms with Crippen LogP contribution in [-0.4, -0.2) is 58.6 Å². The normalized spacial score (nSPS) is 19.8. The molecule has 1 fully saturated rings. The van der Waals surface area contributed by atoms with E-state index in [1.165, 1.54) is 41.8 Å². The molecule has 5 nitrogen and oxygen atoms in total. The molecule has 1 N–H and O–H groups in total. The zero-order valence-electron chi connectivity index (χ0n) is 19.2. The van der Waals surface area contributed by atoms with Crippen LogP contribution in [-0.2, 0) is 13.0 Å². The quantitative estimate of drug-likeness (QED) is 0.621. The lowest BCUT2D eigenvalue weighted by atomic mass is 9.96. The molecule has 0 unspecified atom stereocenters. The summed E-state index contributed by atoms with van der Waals surface area (Å²) in [4.78, 5) is 13.5. The topological polar surface area (TPSA) is 44.4 Å². The standard InChI is InChI=1S/C28H32N4O/c1-2-4-21(5-3-1)22-8-15-32(16-9-22)26-10-13-31(14-11-26)20-25-19-29-28(30-25)24-6-7-27-23(18-24)12-17-33-27/h1-8,18-19,26H,9-17,20H2,(H,29,30). The zero-order chi connectivity index (χ0) is 22.0. The number of piperidine rings is 1. The Morgan fingerprint density at radius 3 is 2.67 bits per heavy atom. The Morgan fingerprint density at radius 1 is 0.970 bits per heavy atom. The molecule has 5 heteroatoms. The van der Waals surface area contributed by atoms with E-state index in [4.69, 9.17) is 4.74 Å². The van der Waals surface area contributed by atoms with Gasteiger partial charge in [-0.3, -0.25) is 9.80 Å². The van der Waals surface area contributed by atoms with Crippen molar-refractivity contribution in [1.29, 1.82) is 0 Å². The molecule has 6 rings (SSSR count). The highest BCUT2D eigenvalue weighted by Crippen LogP contribution is 2.30. The van der Waals surface area contributed by atoms with Gasteiger partial charge in [0.2, 0.25) is 0 Å². The van der Waals surface area contributed by atoms with Crippen molar-refractivity contribution in [2.24, 2.45) is 0 Å². The number of nitrogens with zero attached hydrogens (tertiary/aromatic N) is 3. The monoisotopic (exact) mass is 440 g/mol. The summed E-state index contributed by atoms with van der Waals surface area (Å²) < 4.78 is 5.63. The Hall–Kier alpha value is -2.89. The fourth-order valence-electron chi connectivity index (χ4n) is 5.53. The van der Waals surface area contributed by atoms with Gasteiger partial charge in [-0.25, -0.2) is 4.98 Å². The van der Waals surface area contributed by atoms with E-state index in [0.717, 1.165) is 62.8 Å². The van der Waals surface area contributed by atoms with Crippen molar-refractivity contribution in [3.8, 4) is 17.1 Å². The first kappa shape index (κ1) is 20.7. The second-order valence-electron chi connectivity index (χ2n) is 9.53. The van der Waals surface area contributed by atoms with Crippen molar-refractivity contribution in [2.75, 3.05) is 32.8 Å². The molecule has 3 aromatic rings. The van der Waals surface area contributed by atoms with Gasteiger partial charge in [0.25, 0.3) is 0 Å².